The average molecular weight is 529 g/mol. The minimum Gasteiger partial charge on any atom is -0.306 e. The van der Waals surface area contributed by atoms with Crippen molar-refractivity contribution in [3.05, 3.63) is 52.1 Å². The number of halogens is 3. The lowest BCUT2D eigenvalue weighted by Crippen LogP contribution is -2.23. The van der Waals surface area contributed by atoms with Gasteiger partial charge in [-0.3, -0.25) is 0 Å². The van der Waals surface area contributed by atoms with Crippen LogP contribution in [0.5, 0.6) is 0 Å². The summed E-state index contributed by atoms with van der Waals surface area (Å²) >= 11 is 11.4. The normalized spacial score (nSPS) is 12.7. The van der Waals surface area contributed by atoms with Crippen LogP contribution in [-0.4, -0.2) is 6.54 Å². The summed E-state index contributed by atoms with van der Waals surface area (Å²) in [5.41, 5.74) is 2.70. The Kier molecular flexibility index (Phi) is 6.53. The van der Waals surface area contributed by atoms with Crippen LogP contribution >= 0.6 is 65.8 Å². The molecule has 1 aromatic carbocycles. The first kappa shape index (κ1) is 16.9. The van der Waals surface area contributed by atoms with Gasteiger partial charge in [-0.25, -0.2) is 0 Å². The highest BCUT2D eigenvalue weighted by molar-refractivity contribution is 14.1. The highest BCUT2D eigenvalue weighted by Gasteiger charge is 2.20. The molecule has 0 radical (unpaired) electrons. The summed E-state index contributed by atoms with van der Waals surface area (Å²) in [6.45, 7) is 5.38. The molecule has 1 aromatic heterocycles. The van der Waals surface area contributed by atoms with Crippen LogP contribution in [0.15, 0.2) is 32.5 Å². The first-order valence-corrected chi connectivity index (χ1v) is 9.95. The summed E-state index contributed by atoms with van der Waals surface area (Å²) in [7, 11) is 0. The number of nitrogens with one attached hydrogen (secondary N) is 1. The van der Waals surface area contributed by atoms with Crippen LogP contribution in [0.3, 0.4) is 0 Å². The Balaban J connectivity index is 2.44. The molecular formula is C15H16Br2INS. The zero-order valence-electron chi connectivity index (χ0n) is 11.3. The summed E-state index contributed by atoms with van der Waals surface area (Å²) in [5.74, 6) is 0. The van der Waals surface area contributed by atoms with Crippen LogP contribution < -0.4 is 5.32 Å². The number of hydrogen-bond acceptors (Lipinski definition) is 2. The maximum Gasteiger partial charge on any atom is 0.0843 e. The quantitative estimate of drug-likeness (QED) is 0.451. The van der Waals surface area contributed by atoms with E-state index in [2.05, 4.69) is 97.9 Å². The summed E-state index contributed by atoms with van der Waals surface area (Å²) in [6, 6.07) is 9.01. The molecule has 0 amide bonds. The van der Waals surface area contributed by atoms with Gasteiger partial charge in [0.15, 0.2) is 0 Å². The van der Waals surface area contributed by atoms with E-state index in [1.165, 1.54) is 19.6 Å². The Hall–Kier alpha value is 0.570. The van der Waals surface area contributed by atoms with Crippen LogP contribution in [0.1, 0.15) is 35.4 Å². The highest BCUT2D eigenvalue weighted by atomic mass is 127. The summed E-state index contributed by atoms with van der Waals surface area (Å²) < 4.78 is 3.63. The van der Waals surface area contributed by atoms with Crippen molar-refractivity contribution in [1.29, 1.82) is 0 Å². The second-order valence-electron chi connectivity index (χ2n) is 4.64. The van der Waals surface area contributed by atoms with Gasteiger partial charge >= 0.3 is 0 Å². The van der Waals surface area contributed by atoms with Crippen LogP contribution in [-0.2, 0) is 0 Å². The second-order valence-corrected chi connectivity index (χ2v) is 8.97. The number of hydrogen-bond donors (Lipinski definition) is 1. The molecule has 5 heteroatoms. The number of thiophene rings is 1. The minimum atomic E-state index is 0.259. The Labute approximate surface area is 155 Å². The Bertz CT molecular complexity index is 578. The van der Waals surface area contributed by atoms with Gasteiger partial charge in [0.25, 0.3) is 0 Å². The van der Waals surface area contributed by atoms with E-state index >= 15 is 0 Å². The third kappa shape index (κ3) is 3.85. The van der Waals surface area contributed by atoms with Gasteiger partial charge < -0.3 is 5.32 Å². The van der Waals surface area contributed by atoms with Crippen LogP contribution in [0.25, 0.3) is 0 Å². The van der Waals surface area contributed by atoms with Crippen molar-refractivity contribution in [2.45, 2.75) is 26.3 Å². The van der Waals surface area contributed by atoms with E-state index in [0.29, 0.717) is 0 Å². The SMILES string of the molecule is CCCNC(c1cc(Br)c(Br)s1)c1cccc(C)c1I. The van der Waals surface area contributed by atoms with Crippen molar-refractivity contribution >= 4 is 65.8 Å². The molecule has 0 saturated heterocycles. The third-order valence-corrected chi connectivity index (χ3v) is 7.87. The average Bonchev–Trinajstić information content (AvgIpc) is 2.74. The molecule has 1 atom stereocenters. The maximum atomic E-state index is 3.67. The second kappa shape index (κ2) is 7.72. The topological polar surface area (TPSA) is 12.0 Å². The van der Waals surface area contributed by atoms with E-state index in [0.717, 1.165) is 21.2 Å². The van der Waals surface area contributed by atoms with Crippen molar-refractivity contribution in [1.82, 2.24) is 5.32 Å². The van der Waals surface area contributed by atoms with Crippen molar-refractivity contribution < 1.29 is 0 Å². The number of rotatable bonds is 5. The van der Waals surface area contributed by atoms with Gasteiger partial charge in [-0.15, -0.1) is 11.3 Å². The van der Waals surface area contributed by atoms with E-state index in [4.69, 9.17) is 0 Å². The minimum absolute atomic E-state index is 0.259. The molecule has 0 bridgehead atoms. The monoisotopic (exact) mass is 527 g/mol. The van der Waals surface area contributed by atoms with Gasteiger partial charge in [0.05, 0.1) is 9.83 Å². The lowest BCUT2D eigenvalue weighted by molar-refractivity contribution is 0.603. The molecule has 0 aliphatic rings. The molecule has 0 spiro atoms. The van der Waals surface area contributed by atoms with E-state index in [9.17, 15) is 0 Å². The Morgan fingerprint density at radius 3 is 2.70 bits per heavy atom. The molecule has 1 N–H and O–H groups in total. The van der Waals surface area contributed by atoms with Crippen LogP contribution in [0, 0.1) is 10.5 Å². The molecule has 0 aliphatic carbocycles. The Morgan fingerprint density at radius 1 is 1.35 bits per heavy atom. The molecule has 0 fully saturated rings. The van der Waals surface area contributed by atoms with Gasteiger partial charge in [0.2, 0.25) is 0 Å². The molecule has 0 saturated carbocycles. The molecule has 0 aliphatic heterocycles. The fourth-order valence-electron chi connectivity index (χ4n) is 2.05. The predicted octanol–water partition coefficient (Wildman–Crippen LogP) is 6.28. The van der Waals surface area contributed by atoms with Crippen molar-refractivity contribution in [2.75, 3.05) is 6.54 Å². The fourth-order valence-corrected chi connectivity index (χ4v) is 4.91. The zero-order chi connectivity index (χ0) is 14.7. The van der Waals surface area contributed by atoms with Gasteiger partial charge in [0.1, 0.15) is 0 Å². The summed E-state index contributed by atoms with van der Waals surface area (Å²) in [5, 5.41) is 3.67. The third-order valence-electron chi connectivity index (χ3n) is 3.08. The number of benzene rings is 1. The molecular weight excluding hydrogens is 513 g/mol. The van der Waals surface area contributed by atoms with Crippen LogP contribution in [0.2, 0.25) is 0 Å². The van der Waals surface area contributed by atoms with Crippen molar-refractivity contribution in [3.8, 4) is 0 Å². The number of aryl methyl sites for hydroxylation is 1. The first-order valence-electron chi connectivity index (χ1n) is 6.47. The van der Waals surface area contributed by atoms with E-state index in [1.807, 2.05) is 0 Å². The fraction of sp³-hybridized carbons (Fsp3) is 0.333. The highest BCUT2D eigenvalue weighted by Crippen LogP contribution is 2.38. The molecule has 2 aromatic rings. The van der Waals surface area contributed by atoms with Crippen molar-refractivity contribution in [3.63, 3.8) is 0 Å². The van der Waals surface area contributed by atoms with Gasteiger partial charge in [-0.2, -0.15) is 0 Å². The lowest BCUT2D eigenvalue weighted by Gasteiger charge is -2.20. The predicted molar refractivity (Wildman–Crippen MR) is 104 cm³/mol. The molecule has 1 nitrogen and oxygen atoms in total. The largest absolute Gasteiger partial charge is 0.306 e. The first-order chi connectivity index (χ1) is 9.54. The standard InChI is InChI=1S/C15H16Br2INS/c1-3-7-19-14(12-8-11(16)15(17)20-12)10-6-4-5-9(2)13(10)18/h4-6,8,14,19H,3,7H2,1-2H3. The zero-order valence-corrected chi connectivity index (χ0v) is 17.5. The van der Waals surface area contributed by atoms with Gasteiger partial charge in [0, 0.05) is 12.9 Å². The van der Waals surface area contributed by atoms with Gasteiger partial charge in [-0.05, 0) is 91.5 Å². The lowest BCUT2D eigenvalue weighted by atomic mass is 10.0. The van der Waals surface area contributed by atoms with Crippen LogP contribution in [0.4, 0.5) is 0 Å². The summed E-state index contributed by atoms with van der Waals surface area (Å²) in [4.78, 5) is 1.33. The van der Waals surface area contributed by atoms with Crippen molar-refractivity contribution in [2.24, 2.45) is 0 Å². The Morgan fingerprint density at radius 2 is 2.10 bits per heavy atom. The molecule has 2 rings (SSSR count). The van der Waals surface area contributed by atoms with E-state index < -0.39 is 0 Å². The molecule has 1 heterocycles. The molecule has 108 valence electrons. The molecule has 20 heavy (non-hydrogen) atoms. The summed E-state index contributed by atoms with van der Waals surface area (Å²) in [6.07, 6.45) is 1.13. The smallest absolute Gasteiger partial charge is 0.0843 e. The molecule has 1 unspecified atom stereocenters. The van der Waals surface area contributed by atoms with E-state index in [-0.39, 0.29) is 6.04 Å². The van der Waals surface area contributed by atoms with Gasteiger partial charge in [-0.1, -0.05) is 25.1 Å². The van der Waals surface area contributed by atoms with E-state index in [1.54, 1.807) is 11.3 Å². The maximum absolute atomic E-state index is 3.67.